The van der Waals surface area contributed by atoms with E-state index >= 15 is 0 Å². The maximum absolute atomic E-state index is 14.1. The van der Waals surface area contributed by atoms with Crippen LogP contribution in [-0.2, 0) is 0 Å². The first-order chi connectivity index (χ1) is 8.32. The van der Waals surface area contributed by atoms with Crippen LogP contribution in [0, 0.1) is 17.3 Å². The van der Waals surface area contributed by atoms with Crippen LogP contribution in [0.1, 0.15) is 79.1 Å². The minimum absolute atomic E-state index is 0.513. The van der Waals surface area contributed by atoms with Crippen LogP contribution in [0.2, 0.25) is 0 Å². The standard InChI is InChI=1S/C16H30F2/c1-13(2)9-7-5-6-8-10-15(11-12-15)16(17,18)14(3)4/h13-14H,5-12H2,1-4H3. The highest BCUT2D eigenvalue weighted by Gasteiger charge is 2.61. The number of unbranched alkanes of at least 4 members (excludes halogenated alkanes) is 3. The molecule has 0 radical (unpaired) electrons. The number of halogens is 2. The van der Waals surface area contributed by atoms with E-state index in [1.165, 1.54) is 19.3 Å². The average Bonchev–Trinajstić information content (AvgIpc) is 3.04. The van der Waals surface area contributed by atoms with Crippen molar-refractivity contribution < 1.29 is 8.78 Å². The van der Waals surface area contributed by atoms with E-state index in [1.807, 2.05) is 0 Å². The molecule has 108 valence electrons. The molecule has 0 atom stereocenters. The molecule has 0 heterocycles. The molecule has 0 saturated heterocycles. The molecule has 18 heavy (non-hydrogen) atoms. The fourth-order valence-corrected chi connectivity index (χ4v) is 2.88. The lowest BCUT2D eigenvalue weighted by Gasteiger charge is -2.30. The molecule has 1 saturated carbocycles. The molecule has 2 heteroatoms. The van der Waals surface area contributed by atoms with Crippen molar-refractivity contribution in [1.82, 2.24) is 0 Å². The Morgan fingerprint density at radius 1 is 0.944 bits per heavy atom. The Hall–Kier alpha value is -0.140. The molecule has 0 aromatic rings. The van der Waals surface area contributed by atoms with Gasteiger partial charge in [0.2, 0.25) is 0 Å². The molecular weight excluding hydrogens is 230 g/mol. The second-order valence-corrected chi connectivity index (χ2v) is 6.90. The summed E-state index contributed by atoms with van der Waals surface area (Å²) < 4.78 is 28.1. The van der Waals surface area contributed by atoms with Crippen molar-refractivity contribution in [3.05, 3.63) is 0 Å². The van der Waals surface area contributed by atoms with Gasteiger partial charge < -0.3 is 0 Å². The van der Waals surface area contributed by atoms with Gasteiger partial charge in [-0.05, 0) is 25.2 Å². The van der Waals surface area contributed by atoms with E-state index < -0.39 is 17.3 Å². The van der Waals surface area contributed by atoms with Gasteiger partial charge in [0.15, 0.2) is 0 Å². The van der Waals surface area contributed by atoms with Gasteiger partial charge in [0.05, 0.1) is 0 Å². The quantitative estimate of drug-likeness (QED) is 0.442. The Kier molecular flexibility index (Phi) is 5.61. The fourth-order valence-electron chi connectivity index (χ4n) is 2.88. The molecule has 1 aliphatic carbocycles. The van der Waals surface area contributed by atoms with E-state index in [2.05, 4.69) is 13.8 Å². The van der Waals surface area contributed by atoms with Gasteiger partial charge in [0.25, 0.3) is 5.92 Å². The van der Waals surface area contributed by atoms with Crippen molar-refractivity contribution in [2.75, 3.05) is 0 Å². The third-order valence-corrected chi connectivity index (χ3v) is 4.47. The van der Waals surface area contributed by atoms with E-state index in [4.69, 9.17) is 0 Å². The third-order valence-electron chi connectivity index (χ3n) is 4.47. The summed E-state index contributed by atoms with van der Waals surface area (Å²) >= 11 is 0. The summed E-state index contributed by atoms with van der Waals surface area (Å²) in [4.78, 5) is 0. The van der Waals surface area contributed by atoms with Gasteiger partial charge in [-0.25, -0.2) is 8.78 Å². The van der Waals surface area contributed by atoms with Gasteiger partial charge in [-0.1, -0.05) is 59.8 Å². The van der Waals surface area contributed by atoms with Gasteiger partial charge in [-0.2, -0.15) is 0 Å². The van der Waals surface area contributed by atoms with Crippen molar-refractivity contribution in [1.29, 1.82) is 0 Å². The Morgan fingerprint density at radius 2 is 1.50 bits per heavy atom. The van der Waals surface area contributed by atoms with Crippen LogP contribution in [0.15, 0.2) is 0 Å². The van der Waals surface area contributed by atoms with Gasteiger partial charge in [0, 0.05) is 11.3 Å². The molecule has 1 fully saturated rings. The molecule has 0 aromatic heterocycles. The van der Waals surface area contributed by atoms with Crippen molar-refractivity contribution >= 4 is 0 Å². The second-order valence-electron chi connectivity index (χ2n) is 6.90. The van der Waals surface area contributed by atoms with E-state index in [-0.39, 0.29) is 0 Å². The Bertz CT molecular complexity index is 239. The van der Waals surface area contributed by atoms with Crippen LogP contribution in [-0.4, -0.2) is 5.92 Å². The summed E-state index contributed by atoms with van der Waals surface area (Å²) in [6, 6.07) is 0. The van der Waals surface area contributed by atoms with Crippen LogP contribution in [0.3, 0.4) is 0 Å². The second kappa shape index (κ2) is 6.34. The third kappa shape index (κ3) is 3.93. The summed E-state index contributed by atoms with van der Waals surface area (Å²) in [6.45, 7) is 7.79. The lowest BCUT2D eigenvalue weighted by molar-refractivity contribution is -0.115. The number of hydrogen-bond acceptors (Lipinski definition) is 0. The summed E-state index contributed by atoms with van der Waals surface area (Å²) in [5.74, 6) is -2.20. The smallest absolute Gasteiger partial charge is 0.206 e. The largest absolute Gasteiger partial charge is 0.255 e. The molecule has 0 aliphatic heterocycles. The number of rotatable bonds is 9. The van der Waals surface area contributed by atoms with Crippen molar-refractivity contribution in [3.63, 3.8) is 0 Å². The first-order valence-electron chi connectivity index (χ1n) is 7.69. The van der Waals surface area contributed by atoms with Crippen molar-refractivity contribution in [2.45, 2.75) is 85.0 Å². The average molecular weight is 260 g/mol. The molecule has 0 unspecified atom stereocenters. The molecule has 1 aliphatic rings. The molecular formula is C16H30F2. The number of alkyl halides is 2. The lowest BCUT2D eigenvalue weighted by Crippen LogP contribution is -2.35. The van der Waals surface area contributed by atoms with Crippen molar-refractivity contribution in [3.8, 4) is 0 Å². The molecule has 0 nitrogen and oxygen atoms in total. The van der Waals surface area contributed by atoms with Gasteiger partial charge >= 0.3 is 0 Å². The fraction of sp³-hybridized carbons (Fsp3) is 1.00. The summed E-state index contributed by atoms with van der Waals surface area (Å²) in [6.07, 6.45) is 8.07. The van der Waals surface area contributed by atoms with E-state index in [1.54, 1.807) is 13.8 Å². The zero-order valence-corrected chi connectivity index (χ0v) is 12.6. The first-order valence-corrected chi connectivity index (χ1v) is 7.69. The maximum Gasteiger partial charge on any atom is 0.255 e. The summed E-state index contributed by atoms with van der Waals surface area (Å²) in [5, 5.41) is 0. The predicted octanol–water partition coefficient (Wildman–Crippen LogP) is 6.05. The number of hydrogen-bond donors (Lipinski definition) is 0. The minimum Gasteiger partial charge on any atom is -0.206 e. The molecule has 0 bridgehead atoms. The maximum atomic E-state index is 14.1. The first kappa shape index (κ1) is 15.9. The minimum atomic E-state index is -2.45. The summed E-state index contributed by atoms with van der Waals surface area (Å²) in [5.41, 5.74) is -0.626. The van der Waals surface area contributed by atoms with Gasteiger partial charge in [0.1, 0.15) is 0 Å². The molecule has 1 rings (SSSR count). The lowest BCUT2D eigenvalue weighted by atomic mass is 9.84. The Morgan fingerprint density at radius 3 is 1.94 bits per heavy atom. The predicted molar refractivity (Wildman–Crippen MR) is 74.0 cm³/mol. The summed E-state index contributed by atoms with van der Waals surface area (Å²) in [7, 11) is 0. The highest BCUT2D eigenvalue weighted by Crippen LogP contribution is 2.62. The normalized spacial score (nSPS) is 18.7. The molecule has 0 aromatic carbocycles. The van der Waals surface area contributed by atoms with E-state index in [9.17, 15) is 8.78 Å². The molecule has 0 N–H and O–H groups in total. The van der Waals surface area contributed by atoms with Gasteiger partial charge in [-0.15, -0.1) is 0 Å². The molecule has 0 amide bonds. The van der Waals surface area contributed by atoms with E-state index in [0.29, 0.717) is 0 Å². The highest BCUT2D eigenvalue weighted by molar-refractivity contribution is 5.04. The van der Waals surface area contributed by atoms with Crippen LogP contribution in [0.5, 0.6) is 0 Å². The SMILES string of the molecule is CC(C)CCCCCCC1(C(F)(F)C(C)C)CC1. The van der Waals surface area contributed by atoms with E-state index in [0.717, 1.165) is 38.0 Å². The van der Waals surface area contributed by atoms with Gasteiger partial charge in [-0.3, -0.25) is 0 Å². The highest BCUT2D eigenvalue weighted by atomic mass is 19.3. The van der Waals surface area contributed by atoms with Crippen LogP contribution in [0.4, 0.5) is 8.78 Å². The zero-order chi connectivity index (χ0) is 13.8. The Balaban J connectivity index is 2.19. The topological polar surface area (TPSA) is 0 Å². The zero-order valence-electron chi connectivity index (χ0n) is 12.6. The van der Waals surface area contributed by atoms with Crippen molar-refractivity contribution in [2.24, 2.45) is 17.3 Å². The van der Waals surface area contributed by atoms with Crippen LogP contribution in [0.25, 0.3) is 0 Å². The Labute approximate surface area is 112 Å². The monoisotopic (exact) mass is 260 g/mol. The molecule has 0 spiro atoms. The van der Waals surface area contributed by atoms with Crippen LogP contribution >= 0.6 is 0 Å². The van der Waals surface area contributed by atoms with Crippen LogP contribution < -0.4 is 0 Å².